The normalized spacial score (nSPS) is 12.8. The predicted octanol–water partition coefficient (Wildman–Crippen LogP) is 6.69. The van der Waals surface area contributed by atoms with Crippen molar-refractivity contribution in [3.63, 3.8) is 0 Å². The number of Topliss-reactive ketones (excluding diaryl/α,β-unsaturated/α-hetero) is 1. The number of ether oxygens (including phenoxy) is 2. The maximum Gasteiger partial charge on any atom is 0.573 e. The van der Waals surface area contributed by atoms with E-state index >= 15 is 0 Å². The van der Waals surface area contributed by atoms with E-state index in [4.69, 9.17) is 0 Å². The number of hydrogen-bond donors (Lipinski definition) is 0. The summed E-state index contributed by atoms with van der Waals surface area (Å²) >= 11 is 0. The highest BCUT2D eigenvalue weighted by atomic mass is 19.4. The SMILES string of the molecule is O=C(c1ccccc1)C(Cc1ccc(OC(F)(F)F)cc1)c1ccc(OC(F)(F)F)cc1. The molecule has 3 nitrogen and oxygen atoms in total. The Morgan fingerprint density at radius 2 is 1.16 bits per heavy atom. The summed E-state index contributed by atoms with van der Waals surface area (Å²) in [5, 5.41) is 0. The minimum absolute atomic E-state index is 0.111. The standard InChI is InChI=1S/C23H16F6O3/c24-22(25,26)31-18-10-6-15(7-11-18)14-20(21(30)17-4-2-1-3-5-17)16-8-12-19(13-9-16)32-23(27,28)29/h1-13,20H,14H2. The summed E-state index contributed by atoms with van der Waals surface area (Å²) in [5.41, 5.74) is 1.37. The summed E-state index contributed by atoms with van der Waals surface area (Å²) in [7, 11) is 0. The van der Waals surface area contributed by atoms with Gasteiger partial charge in [0.1, 0.15) is 11.5 Å². The van der Waals surface area contributed by atoms with Crippen LogP contribution >= 0.6 is 0 Å². The third-order valence-electron chi connectivity index (χ3n) is 4.49. The lowest BCUT2D eigenvalue weighted by Crippen LogP contribution is -2.18. The molecule has 0 aromatic heterocycles. The first-order valence-electron chi connectivity index (χ1n) is 9.30. The van der Waals surface area contributed by atoms with Gasteiger partial charge in [0.05, 0.1) is 5.92 Å². The van der Waals surface area contributed by atoms with Crippen molar-refractivity contribution >= 4 is 5.78 Å². The van der Waals surface area contributed by atoms with Gasteiger partial charge in [-0.15, -0.1) is 26.3 Å². The zero-order valence-corrected chi connectivity index (χ0v) is 16.3. The molecule has 0 saturated carbocycles. The van der Waals surface area contributed by atoms with Crippen LogP contribution in [0, 0.1) is 0 Å². The monoisotopic (exact) mass is 454 g/mol. The highest BCUT2D eigenvalue weighted by Gasteiger charge is 2.32. The van der Waals surface area contributed by atoms with Gasteiger partial charge in [-0.1, -0.05) is 54.6 Å². The molecule has 32 heavy (non-hydrogen) atoms. The van der Waals surface area contributed by atoms with Gasteiger partial charge in [-0.3, -0.25) is 4.79 Å². The summed E-state index contributed by atoms with van der Waals surface area (Å²) in [5.74, 6) is -1.90. The molecule has 0 aliphatic heterocycles. The largest absolute Gasteiger partial charge is 0.573 e. The van der Waals surface area contributed by atoms with E-state index in [2.05, 4.69) is 9.47 Å². The Hall–Kier alpha value is -3.49. The number of carbonyl (C=O) groups is 1. The second kappa shape index (κ2) is 9.33. The number of benzene rings is 3. The van der Waals surface area contributed by atoms with Gasteiger partial charge in [-0.25, -0.2) is 0 Å². The first-order valence-corrected chi connectivity index (χ1v) is 9.30. The Bertz CT molecular complexity index is 1030. The van der Waals surface area contributed by atoms with Crippen molar-refractivity contribution in [1.29, 1.82) is 0 Å². The Labute approximate surface area is 179 Å². The maximum atomic E-state index is 13.1. The molecule has 0 aliphatic carbocycles. The van der Waals surface area contributed by atoms with Crippen LogP contribution in [0.3, 0.4) is 0 Å². The molecule has 0 radical (unpaired) electrons. The average molecular weight is 454 g/mol. The van der Waals surface area contributed by atoms with Crippen LogP contribution in [0.1, 0.15) is 27.4 Å². The second-order valence-corrected chi connectivity index (χ2v) is 6.80. The van der Waals surface area contributed by atoms with Gasteiger partial charge in [0.2, 0.25) is 0 Å². The van der Waals surface area contributed by atoms with Crippen LogP contribution in [0.15, 0.2) is 78.9 Å². The lowest BCUT2D eigenvalue weighted by molar-refractivity contribution is -0.275. The lowest BCUT2D eigenvalue weighted by Gasteiger charge is -2.18. The van der Waals surface area contributed by atoms with Gasteiger partial charge in [0.15, 0.2) is 5.78 Å². The first-order chi connectivity index (χ1) is 15.0. The molecule has 0 fully saturated rings. The van der Waals surface area contributed by atoms with Crippen molar-refractivity contribution < 1.29 is 40.6 Å². The molecule has 0 N–H and O–H groups in total. The van der Waals surface area contributed by atoms with E-state index in [1.807, 2.05) is 0 Å². The number of rotatable bonds is 7. The van der Waals surface area contributed by atoms with Gasteiger partial charge in [-0.05, 0) is 41.8 Å². The maximum absolute atomic E-state index is 13.1. The Kier molecular flexibility index (Phi) is 6.76. The van der Waals surface area contributed by atoms with Crippen molar-refractivity contribution in [3.8, 4) is 11.5 Å². The molecule has 9 heteroatoms. The minimum atomic E-state index is -4.85. The second-order valence-electron chi connectivity index (χ2n) is 6.80. The van der Waals surface area contributed by atoms with Crippen LogP contribution in [0.25, 0.3) is 0 Å². The smallest absolute Gasteiger partial charge is 0.406 e. The fraction of sp³-hybridized carbons (Fsp3) is 0.174. The molecule has 3 rings (SSSR count). The summed E-state index contributed by atoms with van der Waals surface area (Å²) in [6.07, 6.45) is -9.56. The topological polar surface area (TPSA) is 35.5 Å². The van der Waals surface area contributed by atoms with Crippen LogP contribution in [-0.4, -0.2) is 18.5 Å². The van der Waals surface area contributed by atoms with E-state index < -0.39 is 30.1 Å². The van der Waals surface area contributed by atoms with Crippen LogP contribution in [0.5, 0.6) is 11.5 Å². The molecule has 0 aliphatic rings. The first kappa shape index (κ1) is 23.2. The van der Waals surface area contributed by atoms with Crippen LogP contribution < -0.4 is 9.47 Å². The Morgan fingerprint density at radius 3 is 1.62 bits per heavy atom. The van der Waals surface area contributed by atoms with Gasteiger partial charge in [0, 0.05) is 5.56 Å². The number of carbonyl (C=O) groups excluding carboxylic acids is 1. The van der Waals surface area contributed by atoms with Crippen molar-refractivity contribution in [3.05, 3.63) is 95.6 Å². The summed E-state index contributed by atoms with van der Waals surface area (Å²) in [6, 6.07) is 18.3. The Morgan fingerprint density at radius 1 is 0.688 bits per heavy atom. The van der Waals surface area contributed by atoms with Gasteiger partial charge in [0.25, 0.3) is 0 Å². The molecule has 1 atom stereocenters. The molecular formula is C23H16F6O3. The third kappa shape index (κ3) is 6.76. The number of hydrogen-bond acceptors (Lipinski definition) is 3. The predicted molar refractivity (Wildman–Crippen MR) is 103 cm³/mol. The summed E-state index contributed by atoms with van der Waals surface area (Å²) in [6.45, 7) is 0. The molecule has 168 valence electrons. The van der Waals surface area contributed by atoms with E-state index in [-0.39, 0.29) is 12.2 Å². The van der Waals surface area contributed by atoms with E-state index in [0.29, 0.717) is 16.7 Å². The zero-order chi connectivity index (χ0) is 23.4. The van der Waals surface area contributed by atoms with Crippen molar-refractivity contribution in [2.75, 3.05) is 0 Å². The molecule has 0 heterocycles. The van der Waals surface area contributed by atoms with Crippen molar-refractivity contribution in [1.82, 2.24) is 0 Å². The number of alkyl halides is 6. The molecule has 3 aromatic rings. The molecule has 3 aromatic carbocycles. The van der Waals surface area contributed by atoms with E-state index in [1.54, 1.807) is 30.3 Å². The molecular weight excluding hydrogens is 438 g/mol. The van der Waals surface area contributed by atoms with Crippen LogP contribution in [0.4, 0.5) is 26.3 Å². The zero-order valence-electron chi connectivity index (χ0n) is 16.3. The summed E-state index contributed by atoms with van der Waals surface area (Å²) < 4.78 is 82.0. The van der Waals surface area contributed by atoms with Crippen LogP contribution in [-0.2, 0) is 6.42 Å². The van der Waals surface area contributed by atoms with Gasteiger partial charge < -0.3 is 9.47 Å². The van der Waals surface area contributed by atoms with E-state index in [1.165, 1.54) is 24.3 Å². The van der Waals surface area contributed by atoms with E-state index in [0.717, 1.165) is 24.3 Å². The van der Waals surface area contributed by atoms with Gasteiger partial charge >= 0.3 is 12.7 Å². The quantitative estimate of drug-likeness (QED) is 0.295. The molecule has 1 unspecified atom stereocenters. The van der Waals surface area contributed by atoms with Crippen molar-refractivity contribution in [2.45, 2.75) is 25.1 Å². The molecule has 0 amide bonds. The molecule has 0 saturated heterocycles. The summed E-state index contributed by atoms with van der Waals surface area (Å²) in [4.78, 5) is 13.1. The third-order valence-corrected chi connectivity index (χ3v) is 4.49. The molecule has 0 bridgehead atoms. The molecule has 0 spiro atoms. The van der Waals surface area contributed by atoms with E-state index in [9.17, 15) is 31.1 Å². The fourth-order valence-corrected chi connectivity index (χ4v) is 3.13. The highest BCUT2D eigenvalue weighted by molar-refractivity contribution is 6.01. The highest BCUT2D eigenvalue weighted by Crippen LogP contribution is 2.30. The Balaban J connectivity index is 1.87. The average Bonchev–Trinajstić information content (AvgIpc) is 2.72. The van der Waals surface area contributed by atoms with Gasteiger partial charge in [-0.2, -0.15) is 0 Å². The minimum Gasteiger partial charge on any atom is -0.406 e. The number of halogens is 6. The van der Waals surface area contributed by atoms with Crippen molar-refractivity contribution in [2.24, 2.45) is 0 Å². The van der Waals surface area contributed by atoms with Crippen LogP contribution in [0.2, 0.25) is 0 Å². The fourth-order valence-electron chi connectivity index (χ4n) is 3.13. The lowest BCUT2D eigenvalue weighted by atomic mass is 9.85. The number of ketones is 1.